The van der Waals surface area contributed by atoms with Gasteiger partial charge in [-0.25, -0.2) is 0 Å². The Bertz CT molecular complexity index is 384. The van der Waals surface area contributed by atoms with Gasteiger partial charge in [0.25, 0.3) is 0 Å². The van der Waals surface area contributed by atoms with Gasteiger partial charge in [0, 0.05) is 23.0 Å². The van der Waals surface area contributed by atoms with Crippen LogP contribution >= 0.6 is 11.3 Å². The molecular weight excluding hydrogens is 228 g/mol. The van der Waals surface area contributed by atoms with E-state index in [4.69, 9.17) is 5.73 Å². The maximum atomic E-state index is 5.41. The summed E-state index contributed by atoms with van der Waals surface area (Å²) in [6.45, 7) is 9.27. The second-order valence-corrected chi connectivity index (χ2v) is 5.33. The Hall–Kier alpha value is -0.820. The minimum Gasteiger partial charge on any atom is -0.320 e. The van der Waals surface area contributed by atoms with Crippen LogP contribution in [0.4, 0.5) is 0 Å². The molecule has 0 fully saturated rings. The first-order valence-electron chi connectivity index (χ1n) is 6.18. The summed E-state index contributed by atoms with van der Waals surface area (Å²) in [5.74, 6) is 6.08. The van der Waals surface area contributed by atoms with Crippen LogP contribution in [0.15, 0.2) is 11.4 Å². The van der Waals surface area contributed by atoms with Crippen molar-refractivity contribution in [2.24, 2.45) is 5.73 Å². The zero-order valence-corrected chi connectivity index (χ0v) is 11.8. The summed E-state index contributed by atoms with van der Waals surface area (Å²) in [6, 6.07) is 2.67. The molecule has 0 aliphatic heterocycles. The highest BCUT2D eigenvalue weighted by molar-refractivity contribution is 7.10. The zero-order valence-electron chi connectivity index (χ0n) is 11.0. The molecule has 0 spiro atoms. The number of thiophene rings is 1. The Morgan fingerprint density at radius 1 is 1.47 bits per heavy atom. The quantitative estimate of drug-likeness (QED) is 0.814. The molecule has 1 aromatic heterocycles. The van der Waals surface area contributed by atoms with E-state index in [0.717, 1.165) is 18.7 Å². The van der Waals surface area contributed by atoms with Crippen LogP contribution in [-0.4, -0.2) is 24.0 Å². The van der Waals surface area contributed by atoms with Crippen molar-refractivity contribution < 1.29 is 0 Å². The van der Waals surface area contributed by atoms with Gasteiger partial charge in [0.15, 0.2) is 0 Å². The molecule has 0 atom stereocenters. The van der Waals surface area contributed by atoms with Crippen molar-refractivity contribution in [2.45, 2.75) is 39.8 Å². The van der Waals surface area contributed by atoms with Gasteiger partial charge in [0.1, 0.15) is 0 Å². The van der Waals surface area contributed by atoms with Crippen LogP contribution < -0.4 is 5.73 Å². The van der Waals surface area contributed by atoms with Crippen LogP contribution in [0, 0.1) is 11.8 Å². The highest BCUT2D eigenvalue weighted by Gasteiger charge is 2.11. The Morgan fingerprint density at radius 3 is 2.82 bits per heavy atom. The molecule has 0 amide bonds. The van der Waals surface area contributed by atoms with Gasteiger partial charge in [-0.05, 0) is 38.3 Å². The largest absolute Gasteiger partial charge is 0.320 e. The third-order valence-corrected chi connectivity index (χ3v) is 3.56. The average molecular weight is 250 g/mol. The van der Waals surface area contributed by atoms with Crippen LogP contribution in [0.1, 0.15) is 37.6 Å². The summed E-state index contributed by atoms with van der Waals surface area (Å²) in [7, 11) is 0. The molecule has 0 aliphatic rings. The molecule has 0 saturated carbocycles. The van der Waals surface area contributed by atoms with E-state index in [1.807, 2.05) is 0 Å². The van der Waals surface area contributed by atoms with E-state index in [1.165, 1.54) is 11.3 Å². The van der Waals surface area contributed by atoms with Crippen molar-refractivity contribution in [3.8, 4) is 11.8 Å². The number of nitrogens with two attached hydrogens (primary N) is 1. The van der Waals surface area contributed by atoms with E-state index in [-0.39, 0.29) is 0 Å². The average Bonchev–Trinajstić information content (AvgIpc) is 2.73. The fourth-order valence-corrected chi connectivity index (χ4v) is 2.57. The van der Waals surface area contributed by atoms with Crippen LogP contribution in [0.3, 0.4) is 0 Å². The summed E-state index contributed by atoms with van der Waals surface area (Å²) in [5.41, 5.74) is 6.55. The molecule has 0 saturated heterocycles. The molecule has 0 unspecified atom stereocenters. The Morgan fingerprint density at radius 2 is 2.24 bits per heavy atom. The number of nitrogens with zero attached hydrogens (tertiary/aromatic N) is 1. The molecular formula is C14H22N2S. The lowest BCUT2D eigenvalue weighted by Crippen LogP contribution is -2.30. The van der Waals surface area contributed by atoms with Crippen LogP contribution in [0.5, 0.6) is 0 Å². The SMILES string of the molecule is CCCN(Cc1sccc1C#CCN)C(C)C. The van der Waals surface area contributed by atoms with Gasteiger partial charge in [0.05, 0.1) is 6.54 Å². The van der Waals surface area contributed by atoms with E-state index < -0.39 is 0 Å². The molecule has 94 valence electrons. The molecule has 3 heteroatoms. The monoisotopic (exact) mass is 250 g/mol. The molecule has 2 N–H and O–H groups in total. The Balaban J connectivity index is 2.75. The standard InChI is InChI=1S/C14H22N2S/c1-4-9-16(12(2)3)11-14-13(6-5-8-15)7-10-17-14/h7,10,12H,4,8-9,11,15H2,1-3H3. The van der Waals surface area contributed by atoms with E-state index >= 15 is 0 Å². The lowest BCUT2D eigenvalue weighted by molar-refractivity contribution is 0.215. The van der Waals surface area contributed by atoms with Gasteiger partial charge in [-0.1, -0.05) is 18.8 Å². The third-order valence-electron chi connectivity index (χ3n) is 2.66. The molecule has 0 radical (unpaired) electrons. The summed E-state index contributed by atoms with van der Waals surface area (Å²) >= 11 is 1.79. The Labute approximate surface area is 109 Å². The first-order valence-corrected chi connectivity index (χ1v) is 7.06. The van der Waals surface area contributed by atoms with E-state index in [1.54, 1.807) is 11.3 Å². The molecule has 17 heavy (non-hydrogen) atoms. The van der Waals surface area contributed by atoms with E-state index in [9.17, 15) is 0 Å². The lowest BCUT2D eigenvalue weighted by atomic mass is 10.2. The minimum absolute atomic E-state index is 0.429. The van der Waals surface area contributed by atoms with Crippen molar-refractivity contribution in [3.05, 3.63) is 21.9 Å². The predicted molar refractivity (Wildman–Crippen MR) is 76.1 cm³/mol. The van der Waals surface area contributed by atoms with Gasteiger partial charge in [-0.3, -0.25) is 4.90 Å². The fourth-order valence-electron chi connectivity index (χ4n) is 1.71. The maximum absolute atomic E-state index is 5.41. The van der Waals surface area contributed by atoms with E-state index in [2.05, 4.69) is 49.0 Å². The predicted octanol–water partition coefficient (Wildman–Crippen LogP) is 2.68. The molecule has 2 nitrogen and oxygen atoms in total. The zero-order chi connectivity index (χ0) is 12.7. The first kappa shape index (κ1) is 14.2. The summed E-state index contributed by atoms with van der Waals surface area (Å²) in [5, 5.41) is 2.11. The smallest absolute Gasteiger partial charge is 0.0555 e. The number of hydrogen-bond donors (Lipinski definition) is 1. The maximum Gasteiger partial charge on any atom is 0.0555 e. The number of rotatable bonds is 5. The van der Waals surface area contributed by atoms with Gasteiger partial charge in [0.2, 0.25) is 0 Å². The fraction of sp³-hybridized carbons (Fsp3) is 0.571. The van der Waals surface area contributed by atoms with Crippen molar-refractivity contribution in [2.75, 3.05) is 13.1 Å². The molecule has 1 rings (SSSR count). The molecule has 1 aromatic rings. The van der Waals surface area contributed by atoms with E-state index in [0.29, 0.717) is 12.6 Å². The van der Waals surface area contributed by atoms with Crippen LogP contribution in [0.2, 0.25) is 0 Å². The minimum atomic E-state index is 0.429. The highest BCUT2D eigenvalue weighted by Crippen LogP contribution is 2.19. The van der Waals surface area contributed by atoms with Gasteiger partial charge in [-0.2, -0.15) is 0 Å². The van der Waals surface area contributed by atoms with Crippen LogP contribution in [-0.2, 0) is 6.54 Å². The summed E-state index contributed by atoms with van der Waals surface area (Å²) in [4.78, 5) is 3.84. The van der Waals surface area contributed by atoms with Crippen molar-refractivity contribution in [1.82, 2.24) is 4.90 Å². The molecule has 0 bridgehead atoms. The number of hydrogen-bond acceptors (Lipinski definition) is 3. The Kier molecular flexibility index (Phi) is 6.28. The topological polar surface area (TPSA) is 29.3 Å². The summed E-state index contributed by atoms with van der Waals surface area (Å²) in [6.07, 6.45) is 1.19. The molecule has 1 heterocycles. The van der Waals surface area contributed by atoms with Crippen molar-refractivity contribution in [1.29, 1.82) is 0 Å². The normalized spacial score (nSPS) is 10.7. The second kappa shape index (κ2) is 7.50. The lowest BCUT2D eigenvalue weighted by Gasteiger charge is -2.25. The highest BCUT2D eigenvalue weighted by atomic mass is 32.1. The van der Waals surface area contributed by atoms with Gasteiger partial charge >= 0.3 is 0 Å². The van der Waals surface area contributed by atoms with Gasteiger partial charge < -0.3 is 5.73 Å². The molecule has 0 aromatic carbocycles. The third kappa shape index (κ3) is 4.51. The summed E-state index contributed by atoms with van der Waals surface area (Å²) < 4.78 is 0. The second-order valence-electron chi connectivity index (χ2n) is 4.33. The molecule has 0 aliphatic carbocycles. The van der Waals surface area contributed by atoms with Crippen LogP contribution in [0.25, 0.3) is 0 Å². The van der Waals surface area contributed by atoms with Crippen molar-refractivity contribution >= 4 is 11.3 Å². The van der Waals surface area contributed by atoms with Gasteiger partial charge in [-0.15, -0.1) is 11.3 Å². The van der Waals surface area contributed by atoms with Crippen molar-refractivity contribution in [3.63, 3.8) is 0 Å². The first-order chi connectivity index (χ1) is 8.19.